The molecule has 0 unspecified atom stereocenters. The summed E-state index contributed by atoms with van der Waals surface area (Å²) in [6, 6.07) is 17.1. The van der Waals surface area contributed by atoms with Gasteiger partial charge in [-0.2, -0.15) is 0 Å². The van der Waals surface area contributed by atoms with Gasteiger partial charge < -0.3 is 20.0 Å². The number of rotatable bonds is 6. The molecular weight excluding hydrogens is 382 g/mol. The zero-order valence-electron chi connectivity index (χ0n) is 16.0. The molecule has 0 bridgehead atoms. The van der Waals surface area contributed by atoms with E-state index in [1.807, 2.05) is 29.1 Å². The Morgan fingerprint density at radius 1 is 0.967 bits per heavy atom. The smallest absolute Gasteiger partial charge is 0.335 e. The fourth-order valence-corrected chi connectivity index (χ4v) is 3.25. The number of carbonyl (C=O) groups excluding carboxylic acids is 1. The number of aromatic amines is 1. The average Bonchev–Trinajstić information content (AvgIpc) is 3.26. The van der Waals surface area contributed by atoms with Crippen molar-refractivity contribution in [1.29, 1.82) is 0 Å². The summed E-state index contributed by atoms with van der Waals surface area (Å²) >= 11 is 0. The lowest BCUT2D eigenvalue weighted by Crippen LogP contribution is -2.25. The lowest BCUT2D eigenvalue weighted by Gasteiger charge is -2.08. The molecule has 0 aliphatic rings. The first-order valence-corrected chi connectivity index (χ1v) is 9.37. The lowest BCUT2D eigenvalue weighted by atomic mass is 10.0. The molecule has 0 aliphatic heterocycles. The van der Waals surface area contributed by atoms with Gasteiger partial charge in [0.25, 0.3) is 11.5 Å². The summed E-state index contributed by atoms with van der Waals surface area (Å²) in [5, 5.41) is 12.6. The number of nitrogens with zero attached hydrogens (tertiary/aromatic N) is 1. The molecule has 0 saturated carbocycles. The van der Waals surface area contributed by atoms with Gasteiger partial charge in [-0.15, -0.1) is 0 Å². The largest absolute Gasteiger partial charge is 0.478 e. The number of hydrogen-bond acceptors (Lipinski definition) is 3. The molecule has 4 rings (SSSR count). The first-order chi connectivity index (χ1) is 14.5. The Balaban J connectivity index is 1.57. The number of nitrogens with one attached hydrogen (secondary N) is 2. The normalized spacial score (nSPS) is 10.8. The third-order valence-corrected chi connectivity index (χ3v) is 4.87. The Morgan fingerprint density at radius 3 is 2.37 bits per heavy atom. The summed E-state index contributed by atoms with van der Waals surface area (Å²) in [5.41, 5.74) is 2.49. The predicted molar refractivity (Wildman–Crippen MR) is 113 cm³/mol. The van der Waals surface area contributed by atoms with Crippen LogP contribution in [0, 0.1) is 0 Å². The minimum atomic E-state index is -0.993. The highest BCUT2D eigenvalue weighted by Crippen LogP contribution is 2.16. The summed E-state index contributed by atoms with van der Waals surface area (Å²) in [7, 11) is 0. The Kier molecular flexibility index (Phi) is 5.17. The van der Waals surface area contributed by atoms with Crippen molar-refractivity contribution in [2.45, 2.75) is 13.1 Å². The van der Waals surface area contributed by atoms with Crippen LogP contribution in [-0.4, -0.2) is 26.5 Å². The highest BCUT2D eigenvalue weighted by Gasteiger charge is 2.10. The molecule has 0 atom stereocenters. The van der Waals surface area contributed by atoms with Crippen LogP contribution in [0.3, 0.4) is 0 Å². The van der Waals surface area contributed by atoms with Crippen molar-refractivity contribution >= 4 is 22.8 Å². The van der Waals surface area contributed by atoms with E-state index in [1.165, 1.54) is 12.1 Å². The second-order valence-electron chi connectivity index (χ2n) is 6.97. The van der Waals surface area contributed by atoms with E-state index < -0.39 is 5.97 Å². The van der Waals surface area contributed by atoms with E-state index in [-0.39, 0.29) is 17.0 Å². The van der Waals surface area contributed by atoms with Crippen LogP contribution in [0.1, 0.15) is 31.8 Å². The zero-order chi connectivity index (χ0) is 21.1. The van der Waals surface area contributed by atoms with Crippen LogP contribution >= 0.6 is 0 Å². The number of fused-ring (bicyclic) bond motifs is 1. The average molecular weight is 401 g/mol. The van der Waals surface area contributed by atoms with Crippen LogP contribution < -0.4 is 10.9 Å². The fourth-order valence-electron chi connectivity index (χ4n) is 3.25. The van der Waals surface area contributed by atoms with Crippen LogP contribution in [0.25, 0.3) is 10.9 Å². The van der Waals surface area contributed by atoms with E-state index in [0.717, 1.165) is 10.9 Å². The summed E-state index contributed by atoms with van der Waals surface area (Å²) in [6.45, 7) is 0.368. The number of aromatic nitrogens is 2. The van der Waals surface area contributed by atoms with Gasteiger partial charge in [-0.05, 0) is 59.5 Å². The van der Waals surface area contributed by atoms with Gasteiger partial charge in [0.15, 0.2) is 0 Å². The molecule has 1 amide bonds. The minimum absolute atomic E-state index is 0.196. The quantitative estimate of drug-likeness (QED) is 0.462. The van der Waals surface area contributed by atoms with Crippen molar-refractivity contribution in [2.24, 2.45) is 0 Å². The molecule has 0 aliphatic carbocycles. The summed E-state index contributed by atoms with van der Waals surface area (Å²) in [5.74, 6) is -1.20. The van der Waals surface area contributed by atoms with Gasteiger partial charge in [-0.3, -0.25) is 9.59 Å². The van der Waals surface area contributed by atoms with Crippen molar-refractivity contribution in [2.75, 3.05) is 0 Å². The standard InChI is InChI=1S/C23H19N3O4/c27-21(24-14-26-9-1-2-10-26)17-7-8-20-18(12-17)13-19(22(28)25-20)11-15-3-5-16(6-4-15)23(29)30/h1-10,12-13H,11,14H2,(H,24,27)(H,25,28)(H,29,30). The highest BCUT2D eigenvalue weighted by molar-refractivity contribution is 5.97. The molecule has 0 radical (unpaired) electrons. The fraction of sp³-hybridized carbons (Fsp3) is 0.0870. The van der Waals surface area contributed by atoms with Crippen molar-refractivity contribution in [3.05, 3.63) is 106 Å². The third-order valence-electron chi connectivity index (χ3n) is 4.87. The maximum Gasteiger partial charge on any atom is 0.335 e. The first-order valence-electron chi connectivity index (χ1n) is 9.37. The van der Waals surface area contributed by atoms with E-state index in [9.17, 15) is 14.4 Å². The number of carbonyl (C=O) groups is 2. The van der Waals surface area contributed by atoms with Crippen LogP contribution in [0.5, 0.6) is 0 Å². The number of amides is 1. The molecule has 0 saturated heterocycles. The zero-order valence-corrected chi connectivity index (χ0v) is 16.0. The second kappa shape index (κ2) is 8.08. The molecule has 2 aromatic heterocycles. The number of H-pyrrole nitrogens is 1. The van der Waals surface area contributed by atoms with Crippen molar-refractivity contribution < 1.29 is 14.7 Å². The van der Waals surface area contributed by atoms with E-state index in [0.29, 0.717) is 29.7 Å². The molecule has 2 aromatic carbocycles. The van der Waals surface area contributed by atoms with Gasteiger partial charge >= 0.3 is 5.97 Å². The molecule has 150 valence electrons. The Morgan fingerprint density at radius 2 is 1.67 bits per heavy atom. The number of carboxylic acids is 1. The Labute approximate surface area is 171 Å². The van der Waals surface area contributed by atoms with Crippen molar-refractivity contribution in [3.8, 4) is 0 Å². The second-order valence-corrected chi connectivity index (χ2v) is 6.97. The third kappa shape index (κ3) is 4.15. The van der Waals surface area contributed by atoms with Gasteiger partial charge in [-0.1, -0.05) is 12.1 Å². The number of benzene rings is 2. The van der Waals surface area contributed by atoms with Crippen LogP contribution in [0.2, 0.25) is 0 Å². The molecule has 30 heavy (non-hydrogen) atoms. The number of hydrogen-bond donors (Lipinski definition) is 3. The summed E-state index contributed by atoms with van der Waals surface area (Å²) in [4.78, 5) is 38.7. The first kappa shape index (κ1) is 19.2. The molecular formula is C23H19N3O4. The number of aromatic carboxylic acids is 1. The van der Waals surface area contributed by atoms with Crippen LogP contribution in [0.15, 0.2) is 77.9 Å². The molecule has 4 aromatic rings. The number of pyridine rings is 1. The van der Waals surface area contributed by atoms with Gasteiger partial charge in [0.1, 0.15) is 0 Å². The maximum absolute atomic E-state index is 12.5. The molecule has 2 heterocycles. The predicted octanol–water partition coefficient (Wildman–Crippen LogP) is 3.01. The molecule has 0 spiro atoms. The molecule has 3 N–H and O–H groups in total. The maximum atomic E-state index is 12.5. The SMILES string of the molecule is O=C(O)c1ccc(Cc2cc3cc(C(=O)NCn4cccc4)ccc3[nH]c2=O)cc1. The van der Waals surface area contributed by atoms with Crippen molar-refractivity contribution in [1.82, 2.24) is 14.9 Å². The van der Waals surface area contributed by atoms with Crippen LogP contribution in [0.4, 0.5) is 0 Å². The Hall–Kier alpha value is -4.13. The molecule has 0 fully saturated rings. The van der Waals surface area contributed by atoms with E-state index >= 15 is 0 Å². The topological polar surface area (TPSA) is 104 Å². The molecule has 7 nitrogen and oxygen atoms in total. The van der Waals surface area contributed by atoms with E-state index in [4.69, 9.17) is 5.11 Å². The van der Waals surface area contributed by atoms with Crippen LogP contribution in [-0.2, 0) is 13.1 Å². The van der Waals surface area contributed by atoms with E-state index in [2.05, 4.69) is 10.3 Å². The number of carboxylic acid groups (broad SMARTS) is 1. The Bertz CT molecular complexity index is 1270. The lowest BCUT2D eigenvalue weighted by molar-refractivity contribution is 0.0696. The minimum Gasteiger partial charge on any atom is -0.478 e. The summed E-state index contributed by atoms with van der Waals surface area (Å²) in [6.07, 6.45) is 4.08. The summed E-state index contributed by atoms with van der Waals surface area (Å²) < 4.78 is 1.85. The van der Waals surface area contributed by atoms with Gasteiger partial charge in [-0.25, -0.2) is 4.79 Å². The van der Waals surface area contributed by atoms with Crippen molar-refractivity contribution in [3.63, 3.8) is 0 Å². The monoisotopic (exact) mass is 401 g/mol. The highest BCUT2D eigenvalue weighted by atomic mass is 16.4. The molecule has 7 heteroatoms. The van der Waals surface area contributed by atoms with Gasteiger partial charge in [0.2, 0.25) is 0 Å². The van der Waals surface area contributed by atoms with Gasteiger partial charge in [0.05, 0.1) is 12.2 Å². The van der Waals surface area contributed by atoms with Gasteiger partial charge in [0, 0.05) is 35.5 Å². The van der Waals surface area contributed by atoms with E-state index in [1.54, 1.807) is 36.4 Å².